The van der Waals surface area contributed by atoms with E-state index in [1.165, 1.54) is 40.5 Å². The summed E-state index contributed by atoms with van der Waals surface area (Å²) >= 11 is 0. The summed E-state index contributed by atoms with van der Waals surface area (Å²) in [4.78, 5) is 17.4. The molecular formula is C21H17F2N3O2. The number of hydrogen-bond acceptors (Lipinski definition) is 3. The van der Waals surface area contributed by atoms with E-state index in [2.05, 4.69) is 4.98 Å². The highest BCUT2D eigenvalue weighted by molar-refractivity contribution is 5.65. The van der Waals surface area contributed by atoms with E-state index in [-0.39, 0.29) is 29.2 Å². The number of rotatable bonds is 4. The highest BCUT2D eigenvalue weighted by Crippen LogP contribution is 2.24. The lowest BCUT2D eigenvalue weighted by Gasteiger charge is -2.12. The van der Waals surface area contributed by atoms with Gasteiger partial charge in [-0.1, -0.05) is 36.4 Å². The van der Waals surface area contributed by atoms with Gasteiger partial charge < -0.3 is 9.30 Å². The normalized spacial score (nSPS) is 11.1. The maximum atomic E-state index is 14.2. The van der Waals surface area contributed by atoms with Gasteiger partial charge in [0.2, 0.25) is 11.5 Å². The molecular weight excluding hydrogens is 364 g/mol. The first-order valence-electron chi connectivity index (χ1n) is 8.66. The number of hydrogen-bond donors (Lipinski definition) is 0. The van der Waals surface area contributed by atoms with E-state index in [9.17, 15) is 13.6 Å². The SMILES string of the molecule is COc1cn(Cc2c(F)cccc2F)c2nc(-c3ccccc3)c(C)n2c1=O. The summed E-state index contributed by atoms with van der Waals surface area (Å²) < 4.78 is 36.5. The molecule has 28 heavy (non-hydrogen) atoms. The van der Waals surface area contributed by atoms with Gasteiger partial charge in [-0.2, -0.15) is 0 Å². The monoisotopic (exact) mass is 381 g/mol. The van der Waals surface area contributed by atoms with Gasteiger partial charge in [0.05, 0.1) is 31.2 Å². The van der Waals surface area contributed by atoms with Crippen LogP contribution in [0.4, 0.5) is 8.78 Å². The van der Waals surface area contributed by atoms with Crippen molar-refractivity contribution in [2.45, 2.75) is 13.5 Å². The third kappa shape index (κ3) is 2.85. The van der Waals surface area contributed by atoms with Crippen LogP contribution in [0.3, 0.4) is 0 Å². The Morgan fingerprint density at radius 2 is 1.71 bits per heavy atom. The van der Waals surface area contributed by atoms with Gasteiger partial charge in [0.25, 0.3) is 0 Å². The Balaban J connectivity index is 1.99. The van der Waals surface area contributed by atoms with Crippen LogP contribution in [0.5, 0.6) is 5.75 Å². The number of ether oxygens (including phenoxy) is 1. The molecule has 0 fully saturated rings. The first-order valence-corrected chi connectivity index (χ1v) is 8.66. The lowest BCUT2D eigenvalue weighted by Crippen LogP contribution is -2.21. The maximum Gasteiger partial charge on any atom is 0.301 e. The molecule has 0 aliphatic rings. The minimum absolute atomic E-state index is 0.0596. The summed E-state index contributed by atoms with van der Waals surface area (Å²) in [7, 11) is 1.38. The van der Waals surface area contributed by atoms with E-state index in [0.717, 1.165) is 5.56 Å². The Morgan fingerprint density at radius 1 is 1.04 bits per heavy atom. The average Bonchev–Trinajstić information content (AvgIpc) is 3.05. The third-order valence-corrected chi connectivity index (χ3v) is 4.69. The van der Waals surface area contributed by atoms with Crippen molar-refractivity contribution in [1.82, 2.24) is 14.0 Å². The molecule has 5 nitrogen and oxygen atoms in total. The highest BCUT2D eigenvalue weighted by atomic mass is 19.1. The van der Waals surface area contributed by atoms with Crippen LogP contribution in [-0.2, 0) is 6.54 Å². The second-order valence-corrected chi connectivity index (χ2v) is 6.38. The predicted octanol–water partition coefficient (Wildman–Crippen LogP) is 3.81. The lowest BCUT2D eigenvalue weighted by molar-refractivity contribution is 0.401. The van der Waals surface area contributed by atoms with Crippen molar-refractivity contribution < 1.29 is 13.5 Å². The molecule has 7 heteroatoms. The molecule has 142 valence electrons. The molecule has 0 amide bonds. The molecule has 2 heterocycles. The minimum Gasteiger partial charge on any atom is -0.490 e. The number of fused-ring (bicyclic) bond motifs is 1. The van der Waals surface area contributed by atoms with Crippen molar-refractivity contribution >= 4 is 5.78 Å². The van der Waals surface area contributed by atoms with Crippen LogP contribution in [0.2, 0.25) is 0 Å². The van der Waals surface area contributed by atoms with Gasteiger partial charge in [0, 0.05) is 11.1 Å². The van der Waals surface area contributed by atoms with Crippen LogP contribution in [-0.4, -0.2) is 21.1 Å². The topological polar surface area (TPSA) is 48.5 Å². The molecule has 0 aliphatic heterocycles. The molecule has 0 spiro atoms. The largest absolute Gasteiger partial charge is 0.490 e. The second kappa shape index (κ2) is 6.92. The Hall–Kier alpha value is -3.48. The average molecular weight is 381 g/mol. The maximum absolute atomic E-state index is 14.2. The van der Waals surface area contributed by atoms with Gasteiger partial charge >= 0.3 is 5.56 Å². The van der Waals surface area contributed by atoms with E-state index in [4.69, 9.17) is 4.74 Å². The Labute approximate surface area is 159 Å². The predicted molar refractivity (Wildman–Crippen MR) is 102 cm³/mol. The van der Waals surface area contributed by atoms with E-state index in [1.807, 2.05) is 30.3 Å². The van der Waals surface area contributed by atoms with E-state index < -0.39 is 11.6 Å². The summed E-state index contributed by atoms with van der Waals surface area (Å²) in [5, 5.41) is 0. The number of halogens is 2. The highest BCUT2D eigenvalue weighted by Gasteiger charge is 2.19. The van der Waals surface area contributed by atoms with Crippen LogP contribution >= 0.6 is 0 Å². The van der Waals surface area contributed by atoms with Crippen molar-refractivity contribution in [3.05, 3.63) is 88.0 Å². The fourth-order valence-electron chi connectivity index (χ4n) is 3.27. The summed E-state index contributed by atoms with van der Waals surface area (Å²) in [6, 6.07) is 13.1. The van der Waals surface area contributed by atoms with Crippen LogP contribution in [0.25, 0.3) is 17.0 Å². The Morgan fingerprint density at radius 3 is 2.36 bits per heavy atom. The standard InChI is InChI=1S/C21H17F2N3O2/c1-13-19(14-7-4-3-5-8-14)24-21-25(12-18(28-2)20(27)26(13)21)11-15-16(22)9-6-10-17(15)23/h3-10,12H,11H2,1-2H3. The number of imidazole rings is 1. The summed E-state index contributed by atoms with van der Waals surface area (Å²) in [6.07, 6.45) is 1.42. The Bertz CT molecular complexity index is 1210. The van der Waals surface area contributed by atoms with Crippen LogP contribution in [0.15, 0.2) is 59.5 Å². The number of methoxy groups -OCH3 is 1. The zero-order chi connectivity index (χ0) is 19.8. The van der Waals surface area contributed by atoms with Gasteiger partial charge in [-0.3, -0.25) is 4.79 Å². The number of benzene rings is 2. The van der Waals surface area contributed by atoms with Gasteiger partial charge in [-0.15, -0.1) is 0 Å². The van der Waals surface area contributed by atoms with Gasteiger partial charge in [-0.05, 0) is 19.1 Å². The zero-order valence-electron chi connectivity index (χ0n) is 15.3. The summed E-state index contributed by atoms with van der Waals surface area (Å²) in [6.45, 7) is 1.64. The van der Waals surface area contributed by atoms with Crippen LogP contribution < -0.4 is 10.3 Å². The lowest BCUT2D eigenvalue weighted by atomic mass is 10.1. The molecule has 0 N–H and O–H groups in total. The van der Waals surface area contributed by atoms with Gasteiger partial charge in [0.1, 0.15) is 11.6 Å². The van der Waals surface area contributed by atoms with E-state index >= 15 is 0 Å². The molecule has 2 aromatic heterocycles. The van der Waals surface area contributed by atoms with E-state index in [1.54, 1.807) is 6.92 Å². The number of nitrogens with zero attached hydrogens (tertiary/aromatic N) is 3. The molecule has 0 atom stereocenters. The van der Waals surface area contributed by atoms with Crippen LogP contribution in [0, 0.1) is 18.6 Å². The first-order chi connectivity index (χ1) is 13.5. The molecule has 4 rings (SSSR count). The van der Waals surface area contributed by atoms with Crippen molar-refractivity contribution in [2.24, 2.45) is 0 Å². The molecule has 0 saturated carbocycles. The molecule has 0 radical (unpaired) electrons. The number of aryl methyl sites for hydroxylation is 1. The third-order valence-electron chi connectivity index (χ3n) is 4.69. The summed E-state index contributed by atoms with van der Waals surface area (Å²) in [5.41, 5.74) is 1.58. The fraction of sp³-hybridized carbons (Fsp3) is 0.143. The molecule has 0 unspecified atom stereocenters. The molecule has 0 saturated heterocycles. The zero-order valence-corrected chi connectivity index (χ0v) is 15.3. The molecule has 2 aromatic carbocycles. The first kappa shape index (κ1) is 17.9. The summed E-state index contributed by atoms with van der Waals surface area (Å²) in [5.74, 6) is -0.987. The second-order valence-electron chi connectivity index (χ2n) is 6.38. The Kier molecular flexibility index (Phi) is 4.43. The quantitative estimate of drug-likeness (QED) is 0.540. The molecule has 0 aliphatic carbocycles. The van der Waals surface area contributed by atoms with Gasteiger partial charge in [-0.25, -0.2) is 18.2 Å². The van der Waals surface area contributed by atoms with Crippen LogP contribution in [0.1, 0.15) is 11.3 Å². The molecule has 0 bridgehead atoms. The number of aromatic nitrogens is 3. The molecule has 4 aromatic rings. The van der Waals surface area contributed by atoms with Crippen molar-refractivity contribution in [3.8, 4) is 17.0 Å². The van der Waals surface area contributed by atoms with Crippen molar-refractivity contribution in [3.63, 3.8) is 0 Å². The smallest absolute Gasteiger partial charge is 0.301 e. The van der Waals surface area contributed by atoms with Crippen molar-refractivity contribution in [2.75, 3.05) is 7.11 Å². The fourth-order valence-corrected chi connectivity index (χ4v) is 3.27. The van der Waals surface area contributed by atoms with Crippen molar-refractivity contribution in [1.29, 1.82) is 0 Å². The minimum atomic E-state index is -0.664. The van der Waals surface area contributed by atoms with E-state index in [0.29, 0.717) is 11.4 Å². The van der Waals surface area contributed by atoms with Gasteiger partial charge in [0.15, 0.2) is 0 Å².